The minimum absolute atomic E-state index is 0.0322. The second-order valence-electron chi connectivity index (χ2n) is 4.07. The number of benzene rings is 1. The lowest BCUT2D eigenvalue weighted by Gasteiger charge is -2.12. The Labute approximate surface area is 85.1 Å². The summed E-state index contributed by atoms with van der Waals surface area (Å²) in [6, 6.07) is 6.27. The maximum absolute atomic E-state index is 6.12. The molecule has 2 N–H and O–H groups in total. The molecule has 0 spiro atoms. The summed E-state index contributed by atoms with van der Waals surface area (Å²) in [4.78, 5) is 0. The summed E-state index contributed by atoms with van der Waals surface area (Å²) >= 11 is 0. The molecule has 1 aromatic carbocycles. The van der Waals surface area contributed by atoms with Crippen LogP contribution in [-0.4, -0.2) is 6.61 Å². The molecule has 14 heavy (non-hydrogen) atoms. The average molecular weight is 191 g/mol. The first-order valence-corrected chi connectivity index (χ1v) is 5.18. The highest BCUT2D eigenvalue weighted by molar-refractivity contribution is 5.40. The van der Waals surface area contributed by atoms with Gasteiger partial charge in [0.1, 0.15) is 5.75 Å². The molecule has 0 unspecified atom stereocenters. The first-order chi connectivity index (χ1) is 6.65. The molecule has 2 nitrogen and oxygen atoms in total. The van der Waals surface area contributed by atoms with Crippen molar-refractivity contribution in [1.82, 2.24) is 0 Å². The fourth-order valence-electron chi connectivity index (χ4n) is 1.70. The number of nitrogens with two attached hydrogens (primary N) is 1. The van der Waals surface area contributed by atoms with E-state index >= 15 is 0 Å². The second-order valence-corrected chi connectivity index (χ2v) is 4.07. The van der Waals surface area contributed by atoms with E-state index in [0.717, 1.165) is 18.6 Å². The number of hydrogen-bond acceptors (Lipinski definition) is 2. The van der Waals surface area contributed by atoms with E-state index in [1.165, 1.54) is 11.1 Å². The Hall–Kier alpha value is -1.02. The minimum atomic E-state index is -0.0322. The number of rotatable bonds is 3. The van der Waals surface area contributed by atoms with Gasteiger partial charge < -0.3 is 10.5 Å². The van der Waals surface area contributed by atoms with Crippen LogP contribution in [0.25, 0.3) is 0 Å². The monoisotopic (exact) mass is 191 g/mol. The summed E-state index contributed by atoms with van der Waals surface area (Å²) in [6.45, 7) is 4.78. The summed E-state index contributed by atoms with van der Waals surface area (Å²) in [5.74, 6) is 0.973. The third-order valence-electron chi connectivity index (χ3n) is 2.84. The van der Waals surface area contributed by atoms with Gasteiger partial charge in [-0.2, -0.15) is 0 Å². The molecule has 0 atom stereocenters. The van der Waals surface area contributed by atoms with Crippen LogP contribution in [0.1, 0.15) is 30.9 Å². The molecular weight excluding hydrogens is 174 g/mol. The van der Waals surface area contributed by atoms with Gasteiger partial charge in [0, 0.05) is 5.54 Å². The normalized spacial score (nSPS) is 17.9. The van der Waals surface area contributed by atoms with E-state index in [2.05, 4.69) is 19.1 Å². The van der Waals surface area contributed by atoms with Gasteiger partial charge in [0.05, 0.1) is 6.61 Å². The third kappa shape index (κ3) is 1.62. The van der Waals surface area contributed by atoms with Crippen molar-refractivity contribution < 1.29 is 4.74 Å². The third-order valence-corrected chi connectivity index (χ3v) is 2.84. The SMILES string of the molecule is CCOc1ccc(C2(N)CC2)cc1C. The Morgan fingerprint density at radius 1 is 1.43 bits per heavy atom. The van der Waals surface area contributed by atoms with E-state index in [1.54, 1.807) is 0 Å². The van der Waals surface area contributed by atoms with Crippen LogP contribution in [0.3, 0.4) is 0 Å². The molecule has 0 radical (unpaired) electrons. The summed E-state index contributed by atoms with van der Waals surface area (Å²) in [5, 5.41) is 0. The van der Waals surface area contributed by atoms with Crippen LogP contribution in [0, 0.1) is 6.92 Å². The van der Waals surface area contributed by atoms with Crippen molar-refractivity contribution in [2.24, 2.45) is 5.73 Å². The first kappa shape index (κ1) is 9.53. The lowest BCUT2D eigenvalue weighted by atomic mass is 10.0. The van der Waals surface area contributed by atoms with Gasteiger partial charge in [0.2, 0.25) is 0 Å². The minimum Gasteiger partial charge on any atom is -0.494 e. The van der Waals surface area contributed by atoms with Gasteiger partial charge in [-0.1, -0.05) is 12.1 Å². The Kier molecular flexibility index (Phi) is 2.23. The molecule has 1 aromatic rings. The molecule has 2 heteroatoms. The molecule has 1 saturated carbocycles. The topological polar surface area (TPSA) is 35.2 Å². The smallest absolute Gasteiger partial charge is 0.122 e. The van der Waals surface area contributed by atoms with Crippen molar-refractivity contribution in [3.05, 3.63) is 29.3 Å². The Balaban J connectivity index is 2.26. The van der Waals surface area contributed by atoms with E-state index < -0.39 is 0 Å². The predicted octanol–water partition coefficient (Wildman–Crippen LogP) is 2.34. The summed E-state index contributed by atoms with van der Waals surface area (Å²) in [7, 11) is 0. The second kappa shape index (κ2) is 3.28. The highest BCUT2D eigenvalue weighted by Gasteiger charge is 2.39. The van der Waals surface area contributed by atoms with Gasteiger partial charge in [-0.25, -0.2) is 0 Å². The molecule has 2 rings (SSSR count). The van der Waals surface area contributed by atoms with Crippen molar-refractivity contribution in [2.75, 3.05) is 6.61 Å². The van der Waals surface area contributed by atoms with Crippen LogP contribution in [0.15, 0.2) is 18.2 Å². The first-order valence-electron chi connectivity index (χ1n) is 5.18. The molecule has 1 aliphatic rings. The molecule has 0 saturated heterocycles. The molecule has 0 amide bonds. The summed E-state index contributed by atoms with van der Waals surface area (Å²) in [5.41, 5.74) is 8.52. The standard InChI is InChI=1S/C12H17NO/c1-3-14-11-5-4-10(8-9(11)2)12(13)6-7-12/h4-5,8H,3,6-7,13H2,1-2H3. The Morgan fingerprint density at radius 2 is 2.14 bits per heavy atom. The molecule has 0 aromatic heterocycles. The van der Waals surface area contributed by atoms with Crippen molar-refractivity contribution in [2.45, 2.75) is 32.2 Å². The molecule has 0 heterocycles. The van der Waals surface area contributed by atoms with Crippen molar-refractivity contribution in [3.63, 3.8) is 0 Å². The highest BCUT2D eigenvalue weighted by atomic mass is 16.5. The van der Waals surface area contributed by atoms with Gasteiger partial charge in [0.25, 0.3) is 0 Å². The predicted molar refractivity (Wildman–Crippen MR) is 57.4 cm³/mol. The Morgan fingerprint density at radius 3 is 2.64 bits per heavy atom. The number of aryl methyl sites for hydroxylation is 1. The van der Waals surface area contributed by atoms with Gasteiger partial charge >= 0.3 is 0 Å². The van der Waals surface area contributed by atoms with E-state index in [0.29, 0.717) is 6.61 Å². The zero-order chi connectivity index (χ0) is 10.2. The van der Waals surface area contributed by atoms with Crippen LogP contribution in [-0.2, 0) is 5.54 Å². The van der Waals surface area contributed by atoms with Crippen LogP contribution in [0.4, 0.5) is 0 Å². The lowest BCUT2D eigenvalue weighted by Crippen LogP contribution is -2.18. The zero-order valence-electron chi connectivity index (χ0n) is 8.84. The fraction of sp³-hybridized carbons (Fsp3) is 0.500. The van der Waals surface area contributed by atoms with Crippen LogP contribution in [0.5, 0.6) is 5.75 Å². The molecule has 1 fully saturated rings. The summed E-state index contributed by atoms with van der Waals surface area (Å²) < 4.78 is 5.48. The van der Waals surface area contributed by atoms with Crippen molar-refractivity contribution in [3.8, 4) is 5.75 Å². The van der Waals surface area contributed by atoms with E-state index in [-0.39, 0.29) is 5.54 Å². The van der Waals surface area contributed by atoms with E-state index in [4.69, 9.17) is 10.5 Å². The van der Waals surface area contributed by atoms with E-state index in [9.17, 15) is 0 Å². The molecular formula is C12H17NO. The largest absolute Gasteiger partial charge is 0.494 e. The van der Waals surface area contributed by atoms with Gasteiger partial charge in [-0.05, 0) is 43.9 Å². The van der Waals surface area contributed by atoms with Crippen molar-refractivity contribution >= 4 is 0 Å². The van der Waals surface area contributed by atoms with Crippen LogP contribution >= 0.6 is 0 Å². The maximum atomic E-state index is 6.12. The highest BCUT2D eigenvalue weighted by Crippen LogP contribution is 2.43. The average Bonchev–Trinajstić information content (AvgIpc) is 2.89. The maximum Gasteiger partial charge on any atom is 0.122 e. The van der Waals surface area contributed by atoms with Gasteiger partial charge in [-0.3, -0.25) is 0 Å². The molecule has 76 valence electrons. The quantitative estimate of drug-likeness (QED) is 0.796. The van der Waals surface area contributed by atoms with Gasteiger partial charge in [0.15, 0.2) is 0 Å². The Bertz CT molecular complexity index is 342. The van der Waals surface area contributed by atoms with Crippen molar-refractivity contribution in [1.29, 1.82) is 0 Å². The zero-order valence-corrected chi connectivity index (χ0v) is 8.84. The van der Waals surface area contributed by atoms with E-state index in [1.807, 2.05) is 13.0 Å². The molecule has 0 bridgehead atoms. The van der Waals surface area contributed by atoms with Crippen LogP contribution in [0.2, 0.25) is 0 Å². The number of hydrogen-bond donors (Lipinski definition) is 1. The molecule has 0 aliphatic heterocycles. The van der Waals surface area contributed by atoms with Crippen LogP contribution < -0.4 is 10.5 Å². The number of ether oxygens (including phenoxy) is 1. The fourth-order valence-corrected chi connectivity index (χ4v) is 1.70. The molecule has 1 aliphatic carbocycles. The summed E-state index contributed by atoms with van der Waals surface area (Å²) in [6.07, 6.45) is 2.22. The lowest BCUT2D eigenvalue weighted by molar-refractivity contribution is 0.337. The van der Waals surface area contributed by atoms with Gasteiger partial charge in [-0.15, -0.1) is 0 Å².